The van der Waals surface area contributed by atoms with Crippen LogP contribution in [0.2, 0.25) is 5.02 Å². The van der Waals surface area contributed by atoms with E-state index in [0.29, 0.717) is 24.5 Å². The maximum absolute atomic E-state index is 13.4. The molecule has 0 fully saturated rings. The topological polar surface area (TPSA) is 111 Å². The Morgan fingerprint density at radius 1 is 1.05 bits per heavy atom. The molecule has 196 valence electrons. The fourth-order valence-electron chi connectivity index (χ4n) is 4.28. The van der Waals surface area contributed by atoms with Gasteiger partial charge in [-0.2, -0.15) is 0 Å². The lowest BCUT2D eigenvalue weighted by Crippen LogP contribution is -2.33. The third-order valence-corrected chi connectivity index (χ3v) is 6.51. The summed E-state index contributed by atoms with van der Waals surface area (Å²) in [4.78, 5) is 39.1. The number of esters is 2. The molecule has 1 aliphatic heterocycles. The van der Waals surface area contributed by atoms with Crippen molar-refractivity contribution in [2.45, 2.75) is 33.2 Å². The number of rotatable bonds is 9. The molecule has 1 atom stereocenters. The first-order chi connectivity index (χ1) is 17.5. The van der Waals surface area contributed by atoms with Crippen LogP contribution in [0.5, 0.6) is 0 Å². The number of hydrogen-bond donors (Lipinski definition) is 1. The van der Waals surface area contributed by atoms with Crippen molar-refractivity contribution in [3.63, 3.8) is 0 Å². The molecule has 0 amide bonds. The maximum atomic E-state index is 13.4. The Morgan fingerprint density at radius 3 is 2.27 bits per heavy atom. The number of hydrogen-bond acceptors (Lipinski definition) is 8. The van der Waals surface area contributed by atoms with Crippen LogP contribution in [-0.2, 0) is 25.6 Å². The molecule has 0 bridgehead atoms. The lowest BCUT2D eigenvalue weighted by Gasteiger charge is -2.30. The molecule has 0 radical (unpaired) electrons. The largest absolute Gasteiger partial charge is 0.466 e. The van der Waals surface area contributed by atoms with Gasteiger partial charge >= 0.3 is 11.9 Å². The van der Waals surface area contributed by atoms with E-state index in [4.69, 9.17) is 21.1 Å². The minimum absolute atomic E-state index is 0.101. The van der Waals surface area contributed by atoms with Gasteiger partial charge in [-0.15, -0.1) is 0 Å². The van der Waals surface area contributed by atoms with Gasteiger partial charge in [-0.1, -0.05) is 41.4 Å². The number of carbonyl (C=O) groups excluding carboxylic acids is 2. The summed E-state index contributed by atoms with van der Waals surface area (Å²) < 4.78 is 10.6. The van der Waals surface area contributed by atoms with Gasteiger partial charge in [0.15, 0.2) is 0 Å². The Kier molecular flexibility index (Phi) is 9.07. The van der Waals surface area contributed by atoms with E-state index in [1.165, 1.54) is 30.9 Å². The van der Waals surface area contributed by atoms with Crippen molar-refractivity contribution >= 4 is 29.2 Å². The van der Waals surface area contributed by atoms with Crippen LogP contribution in [-0.4, -0.2) is 49.1 Å². The number of aryl methyl sites for hydroxylation is 1. The molecule has 0 aliphatic carbocycles. The maximum Gasteiger partial charge on any atom is 0.336 e. The molecule has 10 heteroatoms. The first kappa shape index (κ1) is 27.9. The zero-order valence-corrected chi connectivity index (χ0v) is 22.2. The smallest absolute Gasteiger partial charge is 0.336 e. The average molecular weight is 528 g/mol. The van der Waals surface area contributed by atoms with Gasteiger partial charge in [-0.25, -0.2) is 9.59 Å². The van der Waals surface area contributed by atoms with Crippen LogP contribution in [0.25, 0.3) is 0 Å². The van der Waals surface area contributed by atoms with E-state index >= 15 is 0 Å². The number of nitro benzene ring substituents is 1. The van der Waals surface area contributed by atoms with Crippen LogP contribution in [0.1, 0.15) is 36.5 Å². The highest BCUT2D eigenvalue weighted by Gasteiger charge is 2.39. The number of allylic oxidation sites excluding steroid dienone is 2. The van der Waals surface area contributed by atoms with Crippen molar-refractivity contribution in [3.8, 4) is 0 Å². The first-order valence-electron chi connectivity index (χ1n) is 11.6. The van der Waals surface area contributed by atoms with E-state index in [-0.39, 0.29) is 34.0 Å². The van der Waals surface area contributed by atoms with Crippen LogP contribution in [0.3, 0.4) is 0 Å². The van der Waals surface area contributed by atoms with Gasteiger partial charge in [0, 0.05) is 41.6 Å². The van der Waals surface area contributed by atoms with E-state index in [1.54, 1.807) is 13.8 Å². The third-order valence-electron chi connectivity index (χ3n) is 6.17. The van der Waals surface area contributed by atoms with Gasteiger partial charge in [0.05, 0.1) is 29.1 Å². The van der Waals surface area contributed by atoms with Crippen molar-refractivity contribution in [1.29, 1.82) is 0 Å². The Morgan fingerprint density at radius 2 is 1.68 bits per heavy atom. The van der Waals surface area contributed by atoms with E-state index in [0.717, 1.165) is 5.56 Å². The molecular weight excluding hydrogens is 498 g/mol. The van der Waals surface area contributed by atoms with Crippen LogP contribution in [0, 0.1) is 17.0 Å². The highest BCUT2D eigenvalue weighted by molar-refractivity contribution is 6.31. The number of benzene rings is 2. The molecule has 1 aliphatic rings. The van der Waals surface area contributed by atoms with Gasteiger partial charge in [-0.3, -0.25) is 15.0 Å². The Bertz CT molecular complexity index is 1270. The number of methoxy groups -OCH3 is 1. The van der Waals surface area contributed by atoms with Crippen LogP contribution >= 0.6 is 11.6 Å². The fraction of sp³-hybridized carbons (Fsp3) is 0.333. The first-order valence-corrected chi connectivity index (χ1v) is 12.0. The predicted octanol–water partition coefficient (Wildman–Crippen LogP) is 4.64. The van der Waals surface area contributed by atoms with E-state index in [1.807, 2.05) is 31.0 Å². The Hall–Kier alpha value is -3.69. The molecule has 0 spiro atoms. The lowest BCUT2D eigenvalue weighted by atomic mass is 9.80. The summed E-state index contributed by atoms with van der Waals surface area (Å²) >= 11 is 6.45. The summed E-state index contributed by atoms with van der Waals surface area (Å²) in [6.07, 6.45) is 0. The fourth-order valence-corrected chi connectivity index (χ4v) is 4.50. The molecule has 0 saturated carbocycles. The molecule has 2 aromatic rings. The molecule has 9 nitrogen and oxygen atoms in total. The molecule has 1 unspecified atom stereocenters. The summed E-state index contributed by atoms with van der Waals surface area (Å²) in [6.45, 7) is 6.62. The van der Waals surface area contributed by atoms with Crippen molar-refractivity contribution < 1.29 is 24.0 Å². The Labute approximate surface area is 220 Å². The number of ether oxygens (including phenoxy) is 2. The number of carbonyl (C=O) groups is 2. The second-order valence-corrected chi connectivity index (χ2v) is 9.36. The molecular formula is C27H30ClN3O6. The Balaban J connectivity index is 1.86. The quantitative estimate of drug-likeness (QED) is 0.285. The summed E-state index contributed by atoms with van der Waals surface area (Å²) in [5, 5.41) is 14.7. The number of dihydropyridines is 1. The van der Waals surface area contributed by atoms with Crippen LogP contribution < -0.4 is 5.32 Å². The second kappa shape index (κ2) is 12.0. The summed E-state index contributed by atoms with van der Waals surface area (Å²) in [5.74, 6) is -2.36. The molecule has 3 rings (SSSR count). The van der Waals surface area contributed by atoms with Crippen LogP contribution in [0.4, 0.5) is 5.69 Å². The summed E-state index contributed by atoms with van der Waals surface area (Å²) in [7, 11) is 3.15. The second-order valence-electron chi connectivity index (χ2n) is 8.95. The highest BCUT2D eigenvalue weighted by Crippen LogP contribution is 2.42. The number of halogens is 1. The van der Waals surface area contributed by atoms with Gasteiger partial charge in [0.2, 0.25) is 0 Å². The number of nitro groups is 1. The highest BCUT2D eigenvalue weighted by atomic mass is 35.5. The predicted molar refractivity (Wildman–Crippen MR) is 140 cm³/mol. The van der Waals surface area contributed by atoms with Gasteiger partial charge < -0.3 is 14.8 Å². The molecule has 37 heavy (non-hydrogen) atoms. The minimum atomic E-state index is -1.01. The number of nitrogens with zero attached hydrogens (tertiary/aromatic N) is 2. The summed E-state index contributed by atoms with van der Waals surface area (Å²) in [5.41, 5.74) is 3.50. The van der Waals surface area contributed by atoms with E-state index < -0.39 is 22.8 Å². The van der Waals surface area contributed by atoms with Crippen LogP contribution in [0.15, 0.2) is 65.0 Å². The van der Waals surface area contributed by atoms with Crippen molar-refractivity contribution in [1.82, 2.24) is 10.2 Å². The van der Waals surface area contributed by atoms with E-state index in [2.05, 4.69) is 17.4 Å². The van der Waals surface area contributed by atoms with Gasteiger partial charge in [-0.05, 0) is 45.0 Å². The number of non-ortho nitro benzene ring substituents is 1. The zero-order chi connectivity index (χ0) is 27.3. The van der Waals surface area contributed by atoms with E-state index in [9.17, 15) is 19.7 Å². The molecule has 0 saturated heterocycles. The molecule has 1 heterocycles. The number of nitrogens with one attached hydrogen (secondary N) is 1. The normalized spacial score (nSPS) is 15.5. The van der Waals surface area contributed by atoms with Crippen molar-refractivity contribution in [2.75, 3.05) is 27.3 Å². The third kappa shape index (κ3) is 6.55. The standard InChI is InChI=1S/C27H30ClN3O6/c1-16-6-8-19(9-7-16)15-30(4)12-13-37-27(33)24-18(3)29-17(2)23(26(32)36-5)25(24)21-14-20(31(34)35)10-11-22(21)28/h6-11,14,25,29H,12-13,15H2,1-5H3. The SMILES string of the molecule is COC(=O)C1=C(C)NC(C)=C(C(=O)OCCN(C)Cc2ccc(C)cc2)C1c1cc([N+](=O)[O-])ccc1Cl. The van der Waals surface area contributed by atoms with Gasteiger partial charge in [0.1, 0.15) is 6.61 Å². The monoisotopic (exact) mass is 527 g/mol. The van der Waals surface area contributed by atoms with Crippen molar-refractivity contribution in [2.24, 2.45) is 0 Å². The van der Waals surface area contributed by atoms with Gasteiger partial charge in [0.25, 0.3) is 5.69 Å². The number of likely N-dealkylation sites (N-methyl/N-ethyl adjacent to an activating group) is 1. The van der Waals surface area contributed by atoms with Crippen molar-refractivity contribution in [3.05, 3.63) is 96.8 Å². The minimum Gasteiger partial charge on any atom is -0.466 e. The molecule has 1 N–H and O–H groups in total. The molecule has 2 aromatic carbocycles. The molecule has 0 aromatic heterocycles. The average Bonchev–Trinajstić information content (AvgIpc) is 2.84. The zero-order valence-electron chi connectivity index (χ0n) is 21.5. The lowest BCUT2D eigenvalue weighted by molar-refractivity contribution is -0.384. The summed E-state index contributed by atoms with van der Waals surface area (Å²) in [6, 6.07) is 12.1.